The summed E-state index contributed by atoms with van der Waals surface area (Å²) in [7, 11) is 0. The first-order valence-electron chi connectivity index (χ1n) is 25.2. The summed E-state index contributed by atoms with van der Waals surface area (Å²) in [5.41, 5.74) is 17.5. The number of thiophene rings is 2. The summed E-state index contributed by atoms with van der Waals surface area (Å²) in [5.74, 6) is 0. The van der Waals surface area contributed by atoms with Crippen molar-refractivity contribution >= 4 is 129 Å². The molecule has 0 radical (unpaired) electrons. The highest BCUT2D eigenvalue weighted by atomic mass is 32.1. The Kier molecular flexibility index (Phi) is 8.58. The maximum absolute atomic E-state index is 2.61. The molecule has 0 amide bonds. The fourth-order valence-corrected chi connectivity index (χ4v) is 15.3. The number of nitrogens with zero attached hydrogens (tertiary/aromatic N) is 2. The number of fused-ring (bicyclic) bond motifs is 16. The zero-order valence-corrected chi connectivity index (χ0v) is 41.8. The van der Waals surface area contributed by atoms with Gasteiger partial charge in [-0.3, -0.25) is 0 Å². The molecular weight excluding hydrogens is 921 g/mol. The van der Waals surface area contributed by atoms with E-state index >= 15 is 0 Å². The van der Waals surface area contributed by atoms with Crippen LogP contribution in [0.1, 0.15) is 25.0 Å². The zero-order chi connectivity index (χ0) is 48.1. The largest absolute Gasteiger partial charge is 0.310 e. The minimum atomic E-state index is -0.155. The van der Waals surface area contributed by atoms with Gasteiger partial charge < -0.3 is 9.80 Å². The van der Waals surface area contributed by atoms with Crippen molar-refractivity contribution in [1.29, 1.82) is 0 Å². The van der Waals surface area contributed by atoms with E-state index < -0.39 is 0 Å². The second-order valence-corrected chi connectivity index (χ2v) is 22.5. The van der Waals surface area contributed by atoms with Crippen molar-refractivity contribution in [3.63, 3.8) is 0 Å². The number of rotatable bonds is 5. The molecule has 12 aromatic carbocycles. The van der Waals surface area contributed by atoms with E-state index in [1.807, 2.05) is 22.7 Å². The molecule has 342 valence electrons. The molecule has 0 N–H and O–H groups in total. The average Bonchev–Trinajstić information content (AvgIpc) is 4.08. The van der Waals surface area contributed by atoms with Crippen LogP contribution >= 0.6 is 22.7 Å². The summed E-state index contributed by atoms with van der Waals surface area (Å²) in [5, 5.41) is 12.9. The van der Waals surface area contributed by atoms with Gasteiger partial charge in [-0.25, -0.2) is 0 Å². The first-order valence-corrected chi connectivity index (χ1v) is 26.9. The Morgan fingerprint density at radius 1 is 0.370 bits per heavy atom. The molecule has 3 heterocycles. The molecule has 0 bridgehead atoms. The van der Waals surface area contributed by atoms with E-state index in [0.717, 1.165) is 17.1 Å². The number of hydrogen-bond acceptors (Lipinski definition) is 4. The van der Waals surface area contributed by atoms with Crippen LogP contribution in [0.25, 0.3) is 106 Å². The molecule has 2 aromatic heterocycles. The molecule has 2 nitrogen and oxygen atoms in total. The first kappa shape index (κ1) is 41.1. The Labute approximate surface area is 430 Å². The predicted octanol–water partition coefficient (Wildman–Crippen LogP) is 20.8. The van der Waals surface area contributed by atoms with E-state index in [1.165, 1.54) is 134 Å². The van der Waals surface area contributed by atoms with Crippen LogP contribution in [0.4, 0.5) is 34.1 Å². The fourth-order valence-electron chi connectivity index (χ4n) is 12.9. The minimum absolute atomic E-state index is 0.155. The fraction of sp³-hybridized carbons (Fsp3) is 0.0435. The summed E-state index contributed by atoms with van der Waals surface area (Å²) < 4.78 is 5.17. The molecule has 1 aliphatic heterocycles. The van der Waals surface area contributed by atoms with Crippen LogP contribution in [0.5, 0.6) is 0 Å². The lowest BCUT2D eigenvalue weighted by atomic mass is 9.82. The van der Waals surface area contributed by atoms with Crippen molar-refractivity contribution in [2.75, 3.05) is 9.80 Å². The van der Waals surface area contributed by atoms with E-state index in [4.69, 9.17) is 0 Å². The Hall–Kier alpha value is -8.54. The number of benzene rings is 12. The standard InChI is InChI=1S/C69H44N2S2/c1-69(2)55-36-29-42-18-9-11-23-48(42)63(55)51-33-30-46(39-56(51)69)70(45-21-7-4-8-22-45)47-31-34-53-60(40-47)72-61-38-44-20-15-26-57-62(44)66(65(53)61)54-32-28-43-19-10-12-24-50(43)67(54)71(57)58-37-35-49(41-16-5-3-6-17-41)64-52-25-13-14-27-59(52)73-68(58)64/h3-40H,1-2H3. The van der Waals surface area contributed by atoms with Crippen LogP contribution in [0.3, 0.4) is 0 Å². The van der Waals surface area contributed by atoms with Crippen LogP contribution in [0, 0.1) is 0 Å². The van der Waals surface area contributed by atoms with Gasteiger partial charge in [0.15, 0.2) is 0 Å². The quantitative estimate of drug-likeness (QED) is 0.170. The first-order chi connectivity index (χ1) is 36.0. The van der Waals surface area contributed by atoms with Crippen molar-refractivity contribution in [3.8, 4) is 33.4 Å². The Morgan fingerprint density at radius 2 is 1.03 bits per heavy atom. The second-order valence-electron chi connectivity index (χ2n) is 20.3. The van der Waals surface area contributed by atoms with E-state index in [0.29, 0.717) is 0 Å². The summed E-state index contributed by atoms with van der Waals surface area (Å²) in [6, 6.07) is 86.4. The molecule has 0 saturated heterocycles. The van der Waals surface area contributed by atoms with Gasteiger partial charge in [-0.1, -0.05) is 184 Å². The highest BCUT2D eigenvalue weighted by Gasteiger charge is 2.38. The van der Waals surface area contributed by atoms with Gasteiger partial charge in [0, 0.05) is 80.0 Å². The van der Waals surface area contributed by atoms with Gasteiger partial charge in [0.2, 0.25) is 0 Å². The monoisotopic (exact) mass is 964 g/mol. The topological polar surface area (TPSA) is 6.48 Å². The van der Waals surface area contributed by atoms with E-state index in [9.17, 15) is 0 Å². The Bertz CT molecular complexity index is 4660. The van der Waals surface area contributed by atoms with Crippen LogP contribution in [0.2, 0.25) is 0 Å². The van der Waals surface area contributed by atoms with Gasteiger partial charge in [0.25, 0.3) is 0 Å². The summed E-state index contributed by atoms with van der Waals surface area (Å²) in [6.07, 6.45) is 0. The van der Waals surface area contributed by atoms with Gasteiger partial charge in [-0.2, -0.15) is 0 Å². The van der Waals surface area contributed by atoms with Gasteiger partial charge in [0.1, 0.15) is 0 Å². The van der Waals surface area contributed by atoms with Crippen LogP contribution in [-0.4, -0.2) is 0 Å². The third-order valence-electron chi connectivity index (χ3n) is 16.1. The highest BCUT2D eigenvalue weighted by molar-refractivity contribution is 7.26. The molecule has 0 fully saturated rings. The lowest BCUT2D eigenvalue weighted by molar-refractivity contribution is 0.661. The molecule has 0 spiro atoms. The minimum Gasteiger partial charge on any atom is -0.310 e. The molecule has 2 aliphatic rings. The SMILES string of the molecule is CC1(C)c2cc(N(c3ccccc3)c3ccc4c(c3)sc3cc5cccc6c5c(c34)-c3ccc4ccccc4c3N6c3ccc(-c4ccccc4)c4c3sc3ccccc34)ccc2-c2c1ccc1ccccc21. The molecule has 0 unspecified atom stereocenters. The Balaban J connectivity index is 0.920. The average molecular weight is 965 g/mol. The normalized spacial score (nSPS) is 13.4. The molecule has 16 rings (SSSR count). The predicted molar refractivity (Wildman–Crippen MR) is 316 cm³/mol. The number of anilines is 6. The number of para-hydroxylation sites is 1. The Morgan fingerprint density at radius 3 is 1.88 bits per heavy atom. The van der Waals surface area contributed by atoms with Gasteiger partial charge >= 0.3 is 0 Å². The molecule has 0 atom stereocenters. The molecular formula is C69H44N2S2. The van der Waals surface area contributed by atoms with Crippen molar-refractivity contribution in [3.05, 3.63) is 242 Å². The maximum Gasteiger partial charge on any atom is 0.0641 e. The molecule has 1 aliphatic carbocycles. The summed E-state index contributed by atoms with van der Waals surface area (Å²) >= 11 is 3.82. The van der Waals surface area contributed by atoms with Crippen molar-refractivity contribution in [2.24, 2.45) is 0 Å². The van der Waals surface area contributed by atoms with Crippen molar-refractivity contribution < 1.29 is 0 Å². The van der Waals surface area contributed by atoms with Crippen LogP contribution in [-0.2, 0) is 5.41 Å². The number of hydrogen-bond donors (Lipinski definition) is 0. The third-order valence-corrected chi connectivity index (χ3v) is 18.4. The van der Waals surface area contributed by atoms with E-state index in [1.54, 1.807) is 0 Å². The summed E-state index contributed by atoms with van der Waals surface area (Å²) in [6.45, 7) is 4.78. The highest BCUT2D eigenvalue weighted by Crippen LogP contribution is 2.60. The van der Waals surface area contributed by atoms with E-state index in [2.05, 4.69) is 254 Å². The third kappa shape index (κ3) is 5.79. The molecule has 14 aromatic rings. The van der Waals surface area contributed by atoms with Crippen molar-refractivity contribution in [1.82, 2.24) is 0 Å². The zero-order valence-electron chi connectivity index (χ0n) is 40.2. The van der Waals surface area contributed by atoms with E-state index in [-0.39, 0.29) is 5.41 Å². The second kappa shape index (κ2) is 15.2. The smallest absolute Gasteiger partial charge is 0.0641 e. The van der Waals surface area contributed by atoms with Crippen LogP contribution in [0.15, 0.2) is 231 Å². The van der Waals surface area contributed by atoms with Crippen molar-refractivity contribution in [2.45, 2.75) is 19.3 Å². The lowest BCUT2D eigenvalue weighted by Crippen LogP contribution is -2.16. The maximum atomic E-state index is 2.61. The summed E-state index contributed by atoms with van der Waals surface area (Å²) in [4.78, 5) is 5.06. The van der Waals surface area contributed by atoms with Gasteiger partial charge in [0.05, 0.1) is 21.8 Å². The van der Waals surface area contributed by atoms with Crippen LogP contribution < -0.4 is 9.80 Å². The van der Waals surface area contributed by atoms with Gasteiger partial charge in [-0.15, -0.1) is 22.7 Å². The van der Waals surface area contributed by atoms with Gasteiger partial charge in [-0.05, 0) is 116 Å². The molecule has 4 heteroatoms. The molecule has 73 heavy (non-hydrogen) atoms. The lowest BCUT2D eigenvalue weighted by Gasteiger charge is -2.35. The molecule has 0 saturated carbocycles.